The molecule has 3 rings (SSSR count). The number of hydrogen-bond donors (Lipinski definition) is 1. The molecule has 112 valence electrons. The summed E-state index contributed by atoms with van der Waals surface area (Å²) >= 11 is 1.91. The summed E-state index contributed by atoms with van der Waals surface area (Å²) in [5.41, 5.74) is 5.69. The number of anilines is 1. The van der Waals surface area contributed by atoms with E-state index in [1.807, 2.05) is 11.3 Å². The van der Waals surface area contributed by atoms with Crippen LogP contribution in [0.3, 0.4) is 0 Å². The topological polar surface area (TPSA) is 15.3 Å². The zero-order chi connectivity index (χ0) is 14.7. The van der Waals surface area contributed by atoms with E-state index < -0.39 is 0 Å². The molecule has 1 aliphatic heterocycles. The van der Waals surface area contributed by atoms with Gasteiger partial charge in [0, 0.05) is 30.2 Å². The monoisotopic (exact) mass is 300 g/mol. The van der Waals surface area contributed by atoms with Gasteiger partial charge in [0.05, 0.1) is 0 Å². The van der Waals surface area contributed by atoms with E-state index in [0.717, 1.165) is 26.2 Å². The van der Waals surface area contributed by atoms with Crippen LogP contribution < -0.4 is 10.2 Å². The first-order chi connectivity index (χ1) is 10.3. The molecule has 0 saturated carbocycles. The van der Waals surface area contributed by atoms with Gasteiger partial charge in [-0.25, -0.2) is 0 Å². The first kappa shape index (κ1) is 14.6. The van der Waals surface area contributed by atoms with Crippen molar-refractivity contribution >= 4 is 17.0 Å². The molecule has 2 aromatic rings. The predicted octanol–water partition coefficient (Wildman–Crippen LogP) is 4.12. The highest BCUT2D eigenvalue weighted by Crippen LogP contribution is 2.30. The molecule has 1 aliphatic rings. The molecular formula is C18H24N2S. The van der Waals surface area contributed by atoms with Crippen LogP contribution in [0.2, 0.25) is 0 Å². The smallest absolute Gasteiger partial charge is 0.0440 e. The molecule has 0 aliphatic carbocycles. The van der Waals surface area contributed by atoms with E-state index in [-0.39, 0.29) is 0 Å². The van der Waals surface area contributed by atoms with Crippen LogP contribution in [0.1, 0.15) is 34.9 Å². The first-order valence-electron chi connectivity index (χ1n) is 7.88. The van der Waals surface area contributed by atoms with Gasteiger partial charge in [-0.2, -0.15) is 0 Å². The summed E-state index contributed by atoms with van der Waals surface area (Å²) in [4.78, 5) is 4.09. The maximum Gasteiger partial charge on any atom is 0.0440 e. The molecule has 0 spiro atoms. The van der Waals surface area contributed by atoms with Gasteiger partial charge in [-0.1, -0.05) is 19.1 Å². The van der Waals surface area contributed by atoms with Gasteiger partial charge in [-0.3, -0.25) is 0 Å². The maximum atomic E-state index is 3.47. The third kappa shape index (κ3) is 3.30. The third-order valence-corrected chi connectivity index (χ3v) is 5.19. The fourth-order valence-electron chi connectivity index (χ4n) is 3.05. The molecular weight excluding hydrogens is 276 g/mol. The van der Waals surface area contributed by atoms with Crippen molar-refractivity contribution in [3.05, 3.63) is 51.2 Å². The predicted molar refractivity (Wildman–Crippen MR) is 92.2 cm³/mol. The summed E-state index contributed by atoms with van der Waals surface area (Å²) < 4.78 is 0. The lowest BCUT2D eigenvalue weighted by Gasteiger charge is -2.30. The number of thiophene rings is 1. The van der Waals surface area contributed by atoms with E-state index in [2.05, 4.69) is 53.7 Å². The number of fused-ring (bicyclic) bond motifs is 1. The van der Waals surface area contributed by atoms with Gasteiger partial charge in [-0.15, -0.1) is 11.3 Å². The van der Waals surface area contributed by atoms with Crippen LogP contribution in [0.4, 0.5) is 5.69 Å². The highest BCUT2D eigenvalue weighted by atomic mass is 32.1. The summed E-state index contributed by atoms with van der Waals surface area (Å²) in [5, 5.41) is 5.70. The fourth-order valence-corrected chi connectivity index (χ4v) is 3.94. The summed E-state index contributed by atoms with van der Waals surface area (Å²) in [6.45, 7) is 8.71. The summed E-state index contributed by atoms with van der Waals surface area (Å²) in [5.74, 6) is 0. The summed E-state index contributed by atoms with van der Waals surface area (Å²) in [6.07, 6.45) is 2.38. The Morgan fingerprint density at radius 1 is 1.29 bits per heavy atom. The van der Waals surface area contributed by atoms with Gasteiger partial charge in [0.2, 0.25) is 0 Å². The molecule has 3 heteroatoms. The molecule has 0 saturated heterocycles. The Hall–Kier alpha value is -1.32. The van der Waals surface area contributed by atoms with Crippen LogP contribution >= 0.6 is 11.3 Å². The van der Waals surface area contributed by atoms with Crippen LogP contribution in [0.15, 0.2) is 29.6 Å². The van der Waals surface area contributed by atoms with Crippen molar-refractivity contribution in [2.24, 2.45) is 0 Å². The highest BCUT2D eigenvalue weighted by Gasteiger charge is 2.18. The second-order valence-electron chi connectivity index (χ2n) is 5.84. The third-order valence-electron chi connectivity index (χ3n) is 4.17. The largest absolute Gasteiger partial charge is 0.367 e. The van der Waals surface area contributed by atoms with Crippen LogP contribution in [-0.2, 0) is 19.5 Å². The van der Waals surface area contributed by atoms with E-state index in [4.69, 9.17) is 0 Å². The lowest BCUT2D eigenvalue weighted by atomic mass is 10.0. The average molecular weight is 300 g/mol. The van der Waals surface area contributed by atoms with Gasteiger partial charge in [0.25, 0.3) is 0 Å². The van der Waals surface area contributed by atoms with E-state index in [0.29, 0.717) is 0 Å². The molecule has 0 atom stereocenters. The fraction of sp³-hybridized carbons (Fsp3) is 0.444. The second-order valence-corrected chi connectivity index (χ2v) is 6.84. The van der Waals surface area contributed by atoms with Gasteiger partial charge in [-0.05, 0) is 60.5 Å². The van der Waals surface area contributed by atoms with Crippen molar-refractivity contribution in [1.29, 1.82) is 0 Å². The number of aryl methyl sites for hydroxylation is 1. The molecule has 0 radical (unpaired) electrons. The quantitative estimate of drug-likeness (QED) is 0.836. The number of nitrogens with zero attached hydrogens (tertiary/aromatic N) is 1. The number of benzene rings is 1. The first-order valence-corrected chi connectivity index (χ1v) is 8.76. The highest BCUT2D eigenvalue weighted by molar-refractivity contribution is 7.10. The standard InChI is InChI=1S/C18H24N2S/c1-3-8-19-12-15-4-5-17(14(2)11-15)20-9-6-18-16(13-20)7-10-21-18/h4-5,7,10-11,19H,3,6,8-9,12-13H2,1-2H3. The Balaban J connectivity index is 1.71. The lowest BCUT2D eigenvalue weighted by Crippen LogP contribution is -2.30. The van der Waals surface area contributed by atoms with Crippen LogP contribution in [-0.4, -0.2) is 13.1 Å². The molecule has 21 heavy (non-hydrogen) atoms. The maximum absolute atomic E-state index is 3.47. The molecule has 0 fully saturated rings. The van der Waals surface area contributed by atoms with Crippen LogP contribution in [0.5, 0.6) is 0 Å². The van der Waals surface area contributed by atoms with Crippen molar-refractivity contribution in [3.8, 4) is 0 Å². The Kier molecular flexibility index (Phi) is 4.61. The van der Waals surface area contributed by atoms with Crippen LogP contribution in [0.25, 0.3) is 0 Å². The van der Waals surface area contributed by atoms with Gasteiger partial charge < -0.3 is 10.2 Å². The molecule has 1 aromatic carbocycles. The summed E-state index contributed by atoms with van der Waals surface area (Å²) in [7, 11) is 0. The van der Waals surface area contributed by atoms with E-state index in [1.165, 1.54) is 35.2 Å². The minimum atomic E-state index is 0.976. The van der Waals surface area contributed by atoms with Gasteiger partial charge in [0.15, 0.2) is 0 Å². The Labute approximate surface area is 131 Å². The van der Waals surface area contributed by atoms with Gasteiger partial charge in [0.1, 0.15) is 0 Å². The number of hydrogen-bond acceptors (Lipinski definition) is 3. The summed E-state index contributed by atoms with van der Waals surface area (Å²) in [6, 6.07) is 9.19. The molecule has 0 amide bonds. The Morgan fingerprint density at radius 3 is 3.00 bits per heavy atom. The zero-order valence-electron chi connectivity index (χ0n) is 13.0. The van der Waals surface area contributed by atoms with E-state index in [9.17, 15) is 0 Å². The number of nitrogens with one attached hydrogen (secondary N) is 1. The normalized spacial score (nSPS) is 14.3. The Morgan fingerprint density at radius 2 is 2.19 bits per heavy atom. The SMILES string of the molecule is CCCNCc1ccc(N2CCc3sccc3C2)c(C)c1. The minimum Gasteiger partial charge on any atom is -0.367 e. The molecule has 1 N–H and O–H groups in total. The van der Waals surface area contributed by atoms with Crippen molar-refractivity contribution in [2.45, 2.75) is 39.8 Å². The minimum absolute atomic E-state index is 0.976. The number of rotatable bonds is 5. The molecule has 1 aromatic heterocycles. The van der Waals surface area contributed by atoms with Crippen molar-refractivity contribution in [1.82, 2.24) is 5.32 Å². The molecule has 0 bridgehead atoms. The Bertz CT molecular complexity index is 603. The molecule has 0 unspecified atom stereocenters. The van der Waals surface area contributed by atoms with E-state index >= 15 is 0 Å². The molecule has 2 heterocycles. The van der Waals surface area contributed by atoms with E-state index in [1.54, 1.807) is 4.88 Å². The zero-order valence-corrected chi connectivity index (χ0v) is 13.8. The average Bonchev–Trinajstić information content (AvgIpc) is 2.95. The van der Waals surface area contributed by atoms with Crippen molar-refractivity contribution < 1.29 is 0 Å². The van der Waals surface area contributed by atoms with Crippen LogP contribution in [0, 0.1) is 6.92 Å². The van der Waals surface area contributed by atoms with Crippen molar-refractivity contribution in [2.75, 3.05) is 18.0 Å². The van der Waals surface area contributed by atoms with Crippen molar-refractivity contribution in [3.63, 3.8) is 0 Å². The lowest BCUT2D eigenvalue weighted by molar-refractivity contribution is 0.674. The second kappa shape index (κ2) is 6.63. The van der Waals surface area contributed by atoms with Gasteiger partial charge >= 0.3 is 0 Å². The molecule has 2 nitrogen and oxygen atoms in total.